The van der Waals surface area contributed by atoms with E-state index < -0.39 is 21.8 Å². The molecule has 0 amide bonds. The van der Waals surface area contributed by atoms with Crippen LogP contribution in [-0.2, 0) is 14.8 Å². The van der Waals surface area contributed by atoms with E-state index in [0.717, 1.165) is 23.1 Å². The molecular weight excluding hydrogens is 449 g/mol. The van der Waals surface area contributed by atoms with Gasteiger partial charge in [0.1, 0.15) is 10.0 Å². The summed E-state index contributed by atoms with van der Waals surface area (Å²) in [6.07, 6.45) is 1.29. The highest BCUT2D eigenvalue weighted by Crippen LogP contribution is 2.33. The quantitative estimate of drug-likeness (QED) is 0.614. The first kappa shape index (κ1) is 20.5. The molecule has 10 heteroatoms. The molecule has 2 aromatic carbocycles. The fraction of sp³-hybridized carbons (Fsp3) is 0.0500. The van der Waals surface area contributed by atoms with Crippen molar-refractivity contribution in [1.82, 2.24) is 0 Å². The first-order chi connectivity index (χ1) is 14.2. The highest BCUT2D eigenvalue weighted by atomic mass is 32.2. The van der Waals surface area contributed by atoms with Crippen molar-refractivity contribution in [2.24, 2.45) is 4.40 Å². The maximum absolute atomic E-state index is 13.4. The monoisotopic (exact) mass is 461 g/mol. The number of benzene rings is 2. The van der Waals surface area contributed by atoms with Gasteiger partial charge in [-0.3, -0.25) is 9.59 Å². The Hall–Kier alpha value is -2.82. The smallest absolute Gasteiger partial charge is 0.313 e. The third-order valence-corrected chi connectivity index (χ3v) is 8.07. The predicted molar refractivity (Wildman–Crippen MR) is 114 cm³/mol. The molecule has 1 aliphatic rings. The molecule has 0 fully saturated rings. The summed E-state index contributed by atoms with van der Waals surface area (Å²) < 4.78 is 43.6. The van der Waals surface area contributed by atoms with E-state index in [4.69, 9.17) is 5.11 Å². The number of halogens is 1. The first-order valence-electron chi connectivity index (χ1n) is 8.49. The zero-order chi connectivity index (χ0) is 21.5. The van der Waals surface area contributed by atoms with E-state index in [1.165, 1.54) is 36.4 Å². The topological polar surface area (TPSA) is 101 Å². The number of carboxylic acids is 1. The highest BCUT2D eigenvalue weighted by Gasteiger charge is 2.27. The van der Waals surface area contributed by atoms with Crippen LogP contribution in [0.3, 0.4) is 0 Å². The Balaban J connectivity index is 1.82. The number of hydrogen-bond donors (Lipinski definition) is 1. The van der Waals surface area contributed by atoms with Gasteiger partial charge in [0, 0.05) is 15.8 Å². The van der Waals surface area contributed by atoms with Crippen molar-refractivity contribution in [3.8, 4) is 0 Å². The molecule has 0 aliphatic heterocycles. The number of hydrogen-bond acceptors (Lipinski definition) is 6. The van der Waals surface area contributed by atoms with Crippen LogP contribution in [0, 0.1) is 5.82 Å². The second-order valence-electron chi connectivity index (χ2n) is 6.26. The number of aliphatic carboxylic acids is 1. The Bertz CT molecular complexity index is 1370. The van der Waals surface area contributed by atoms with Crippen LogP contribution in [0.1, 0.15) is 15.9 Å². The maximum Gasteiger partial charge on any atom is 0.313 e. The van der Waals surface area contributed by atoms with E-state index >= 15 is 0 Å². The van der Waals surface area contributed by atoms with E-state index in [1.807, 2.05) is 0 Å². The lowest BCUT2D eigenvalue weighted by atomic mass is 9.94. The van der Waals surface area contributed by atoms with Crippen molar-refractivity contribution >= 4 is 60.7 Å². The van der Waals surface area contributed by atoms with Gasteiger partial charge in [0.25, 0.3) is 10.0 Å². The van der Waals surface area contributed by atoms with Crippen LogP contribution >= 0.6 is 23.1 Å². The minimum atomic E-state index is -4.15. The van der Waals surface area contributed by atoms with Crippen molar-refractivity contribution in [3.05, 3.63) is 76.5 Å². The van der Waals surface area contributed by atoms with Gasteiger partial charge < -0.3 is 5.11 Å². The number of rotatable bonds is 5. The molecule has 152 valence electrons. The second-order valence-corrected chi connectivity index (χ2v) is 10.2. The summed E-state index contributed by atoms with van der Waals surface area (Å²) in [5.74, 6) is -2.30. The Morgan fingerprint density at radius 3 is 2.60 bits per heavy atom. The van der Waals surface area contributed by atoms with Crippen LogP contribution in [0.15, 0.2) is 68.1 Å². The summed E-state index contributed by atoms with van der Waals surface area (Å²) in [5, 5.41) is 9.48. The van der Waals surface area contributed by atoms with Gasteiger partial charge in [0.05, 0.1) is 16.4 Å². The number of nitrogens with zero attached hydrogens (tertiary/aromatic N) is 1. The summed E-state index contributed by atoms with van der Waals surface area (Å²) >= 11 is 1.70. The number of Topliss-reactive ketones (excluding diaryl/α,β-unsaturated/α-hetero) is 1. The van der Waals surface area contributed by atoms with Gasteiger partial charge >= 0.3 is 5.97 Å². The number of allylic oxidation sites excluding steroid dienone is 2. The molecule has 0 saturated carbocycles. The van der Waals surface area contributed by atoms with Crippen LogP contribution in [0.2, 0.25) is 0 Å². The Labute approximate surface area is 178 Å². The molecule has 1 heterocycles. The molecule has 0 bridgehead atoms. The Morgan fingerprint density at radius 2 is 1.87 bits per heavy atom. The molecular formula is C20H12FNO5S3. The van der Waals surface area contributed by atoms with Crippen LogP contribution in [0.5, 0.6) is 0 Å². The normalized spacial score (nSPS) is 15.3. The van der Waals surface area contributed by atoms with Gasteiger partial charge in [-0.15, -0.1) is 23.1 Å². The number of thioether (sulfide) groups is 1. The van der Waals surface area contributed by atoms with Gasteiger partial charge in [-0.1, -0.05) is 30.3 Å². The Kier molecular flexibility index (Phi) is 5.31. The Morgan fingerprint density at radius 1 is 1.13 bits per heavy atom. The third-order valence-electron chi connectivity index (χ3n) is 4.22. The summed E-state index contributed by atoms with van der Waals surface area (Å²) in [6.45, 7) is 0. The predicted octanol–water partition coefficient (Wildman–Crippen LogP) is 4.12. The molecule has 0 spiro atoms. The lowest BCUT2D eigenvalue weighted by Gasteiger charge is -2.16. The molecule has 1 N–H and O–H groups in total. The van der Waals surface area contributed by atoms with Crippen molar-refractivity contribution in [2.45, 2.75) is 4.21 Å². The standard InChI is InChI=1S/C20H12FNO5S3/c21-12-6-5-11-7-19(29-16(11)8-12)30(26,27)22-15-9-17(28-10-18(23)24)20(25)14-4-2-1-3-13(14)15/h1-9H,10H2,(H,23,24)/b22-15+. The van der Waals surface area contributed by atoms with E-state index in [9.17, 15) is 22.4 Å². The molecule has 0 saturated heterocycles. The van der Waals surface area contributed by atoms with Gasteiger partial charge in [-0.2, -0.15) is 12.8 Å². The highest BCUT2D eigenvalue weighted by molar-refractivity contribution is 8.04. The van der Waals surface area contributed by atoms with E-state index in [1.54, 1.807) is 18.2 Å². The molecule has 4 rings (SSSR count). The summed E-state index contributed by atoms with van der Waals surface area (Å²) in [5.41, 5.74) is 0.639. The molecule has 1 aliphatic carbocycles. The first-order valence-corrected chi connectivity index (χ1v) is 11.7. The van der Waals surface area contributed by atoms with Crippen LogP contribution < -0.4 is 0 Å². The number of carbonyl (C=O) groups excluding carboxylic acids is 1. The lowest BCUT2D eigenvalue weighted by molar-refractivity contribution is -0.133. The fourth-order valence-corrected chi connectivity index (χ4v) is 6.02. The average molecular weight is 462 g/mol. The average Bonchev–Trinajstić information content (AvgIpc) is 3.13. The van der Waals surface area contributed by atoms with Crippen molar-refractivity contribution < 1.29 is 27.5 Å². The van der Waals surface area contributed by atoms with Gasteiger partial charge in [0.15, 0.2) is 5.78 Å². The SMILES string of the molecule is O=C(O)CSC1=C/C(=N\S(=O)(=O)c2cc3ccc(F)cc3s2)c2ccccc2C1=O. The number of carboxylic acid groups (broad SMARTS) is 1. The summed E-state index contributed by atoms with van der Waals surface area (Å²) in [6, 6.07) is 11.8. The van der Waals surface area contributed by atoms with Gasteiger partial charge in [0.2, 0.25) is 0 Å². The number of thiophene rings is 1. The van der Waals surface area contributed by atoms with Crippen molar-refractivity contribution in [3.63, 3.8) is 0 Å². The van der Waals surface area contributed by atoms with Crippen molar-refractivity contribution in [1.29, 1.82) is 0 Å². The minimum absolute atomic E-state index is 0.0433. The number of ketones is 1. The molecule has 3 aromatic rings. The third kappa shape index (κ3) is 3.93. The summed E-state index contributed by atoms with van der Waals surface area (Å²) in [7, 11) is -4.15. The fourth-order valence-electron chi connectivity index (χ4n) is 2.91. The number of fused-ring (bicyclic) bond motifs is 2. The molecule has 6 nitrogen and oxygen atoms in total. The van der Waals surface area contributed by atoms with Crippen LogP contribution in [-0.4, -0.2) is 36.7 Å². The molecule has 0 radical (unpaired) electrons. The molecule has 30 heavy (non-hydrogen) atoms. The van der Waals surface area contributed by atoms with E-state index in [2.05, 4.69) is 4.40 Å². The lowest BCUT2D eigenvalue weighted by Crippen LogP contribution is -2.18. The van der Waals surface area contributed by atoms with Crippen molar-refractivity contribution in [2.75, 3.05) is 5.75 Å². The largest absolute Gasteiger partial charge is 0.481 e. The zero-order valence-corrected chi connectivity index (χ0v) is 17.5. The van der Waals surface area contributed by atoms with E-state index in [0.29, 0.717) is 15.6 Å². The second kappa shape index (κ2) is 7.78. The summed E-state index contributed by atoms with van der Waals surface area (Å²) in [4.78, 5) is 23.6. The molecule has 0 unspecified atom stereocenters. The van der Waals surface area contributed by atoms with Gasteiger partial charge in [-0.05, 0) is 29.7 Å². The zero-order valence-electron chi connectivity index (χ0n) is 15.0. The molecule has 0 atom stereocenters. The number of sulfonamides is 1. The maximum atomic E-state index is 13.4. The van der Waals surface area contributed by atoms with Crippen LogP contribution in [0.25, 0.3) is 10.1 Å². The van der Waals surface area contributed by atoms with E-state index in [-0.39, 0.29) is 31.9 Å². The number of carbonyl (C=O) groups is 2. The minimum Gasteiger partial charge on any atom is -0.481 e. The van der Waals surface area contributed by atoms with Gasteiger partial charge in [-0.25, -0.2) is 4.39 Å². The van der Waals surface area contributed by atoms with Crippen LogP contribution in [0.4, 0.5) is 4.39 Å². The molecule has 1 aromatic heterocycles.